The lowest BCUT2D eigenvalue weighted by atomic mass is 10.2. The molecule has 0 radical (unpaired) electrons. The van der Waals surface area contributed by atoms with Crippen molar-refractivity contribution < 1.29 is 14.1 Å². The Kier molecular flexibility index (Phi) is 4.79. The zero-order chi connectivity index (χ0) is 16.9. The minimum absolute atomic E-state index is 0.126. The van der Waals surface area contributed by atoms with E-state index >= 15 is 0 Å². The molecule has 0 bridgehead atoms. The fourth-order valence-corrected chi connectivity index (χ4v) is 2.67. The molecule has 0 unspecified atom stereocenters. The van der Waals surface area contributed by atoms with Crippen LogP contribution in [-0.4, -0.2) is 36.6 Å². The summed E-state index contributed by atoms with van der Waals surface area (Å²) in [5, 5.41) is 8.81. The lowest BCUT2D eigenvalue weighted by Gasteiger charge is -2.17. The van der Waals surface area contributed by atoms with Crippen LogP contribution in [0.1, 0.15) is 29.0 Å². The number of aryl methyl sites for hydroxylation is 1. The summed E-state index contributed by atoms with van der Waals surface area (Å²) in [6.45, 7) is 3.73. The summed E-state index contributed by atoms with van der Waals surface area (Å²) < 4.78 is 4.86. The second kappa shape index (κ2) is 7.16. The predicted octanol–water partition coefficient (Wildman–Crippen LogP) is 1.95. The van der Waals surface area contributed by atoms with Crippen molar-refractivity contribution in [2.45, 2.75) is 19.8 Å². The van der Waals surface area contributed by atoms with Crippen LogP contribution in [0.4, 0.5) is 11.5 Å². The van der Waals surface area contributed by atoms with E-state index in [4.69, 9.17) is 4.52 Å². The number of hydrogen-bond acceptors (Lipinski definition) is 5. The van der Waals surface area contributed by atoms with Crippen LogP contribution in [0.15, 0.2) is 34.9 Å². The molecular weight excluding hydrogens is 308 g/mol. The van der Waals surface area contributed by atoms with Crippen LogP contribution >= 0.6 is 0 Å². The minimum Gasteiger partial charge on any atom is -0.372 e. The first-order chi connectivity index (χ1) is 11.6. The highest BCUT2D eigenvalue weighted by molar-refractivity contribution is 5.99. The van der Waals surface area contributed by atoms with Crippen molar-refractivity contribution in [1.82, 2.24) is 10.5 Å². The van der Waals surface area contributed by atoms with Crippen molar-refractivity contribution in [2.75, 3.05) is 29.9 Å². The lowest BCUT2D eigenvalue weighted by molar-refractivity contribution is -0.115. The highest BCUT2D eigenvalue weighted by Crippen LogP contribution is 2.20. The van der Waals surface area contributed by atoms with Crippen molar-refractivity contribution in [3.8, 4) is 0 Å². The summed E-state index contributed by atoms with van der Waals surface area (Å²) in [7, 11) is 0. The molecule has 2 aromatic rings. The average molecular weight is 328 g/mol. The van der Waals surface area contributed by atoms with Gasteiger partial charge in [0.05, 0.1) is 6.54 Å². The molecule has 1 fully saturated rings. The standard InChI is InChI=1S/C17H20N4O3/c1-12-10-15(20-24-12)19-16(22)11-18-17(23)13-4-6-14(7-5-13)21-8-2-3-9-21/h4-7,10H,2-3,8-9,11H2,1H3,(H,18,23)(H,19,20,22). The van der Waals surface area contributed by atoms with Crippen LogP contribution in [-0.2, 0) is 4.79 Å². The molecular formula is C17H20N4O3. The topological polar surface area (TPSA) is 87.5 Å². The summed E-state index contributed by atoms with van der Waals surface area (Å²) in [4.78, 5) is 26.2. The number of rotatable bonds is 5. The number of benzene rings is 1. The quantitative estimate of drug-likeness (QED) is 0.876. The van der Waals surface area contributed by atoms with Gasteiger partial charge in [-0.05, 0) is 44.0 Å². The molecule has 1 aliphatic heterocycles. The Bertz CT molecular complexity index is 718. The van der Waals surface area contributed by atoms with E-state index in [1.165, 1.54) is 12.8 Å². The highest BCUT2D eigenvalue weighted by Gasteiger charge is 2.13. The minimum atomic E-state index is -0.356. The Morgan fingerprint density at radius 2 is 1.92 bits per heavy atom. The molecule has 2 N–H and O–H groups in total. The fraction of sp³-hybridized carbons (Fsp3) is 0.353. The van der Waals surface area contributed by atoms with Crippen molar-refractivity contribution in [1.29, 1.82) is 0 Å². The third kappa shape index (κ3) is 3.92. The number of carbonyl (C=O) groups excluding carboxylic acids is 2. The molecule has 126 valence electrons. The molecule has 1 aromatic carbocycles. The molecule has 3 rings (SSSR count). The molecule has 0 aliphatic carbocycles. The first kappa shape index (κ1) is 16.0. The van der Waals surface area contributed by atoms with E-state index in [9.17, 15) is 9.59 Å². The highest BCUT2D eigenvalue weighted by atomic mass is 16.5. The van der Waals surface area contributed by atoms with E-state index in [-0.39, 0.29) is 18.4 Å². The molecule has 1 saturated heterocycles. The van der Waals surface area contributed by atoms with Crippen molar-refractivity contribution in [2.24, 2.45) is 0 Å². The first-order valence-electron chi connectivity index (χ1n) is 7.98. The van der Waals surface area contributed by atoms with Crippen molar-refractivity contribution >= 4 is 23.3 Å². The molecule has 7 nitrogen and oxygen atoms in total. The van der Waals surface area contributed by atoms with Gasteiger partial charge in [0, 0.05) is 30.4 Å². The van der Waals surface area contributed by atoms with Crippen LogP contribution in [0.3, 0.4) is 0 Å². The number of carbonyl (C=O) groups is 2. The van der Waals surface area contributed by atoms with Crippen LogP contribution < -0.4 is 15.5 Å². The largest absolute Gasteiger partial charge is 0.372 e. The second-order valence-electron chi connectivity index (χ2n) is 5.79. The van der Waals surface area contributed by atoms with Gasteiger partial charge >= 0.3 is 0 Å². The molecule has 1 aromatic heterocycles. The van der Waals surface area contributed by atoms with E-state index in [1.807, 2.05) is 12.1 Å². The summed E-state index contributed by atoms with van der Waals surface area (Å²) in [5.74, 6) is 0.300. The van der Waals surface area contributed by atoms with Gasteiger partial charge in [0.15, 0.2) is 5.82 Å². The molecule has 2 amide bonds. The molecule has 0 atom stereocenters. The smallest absolute Gasteiger partial charge is 0.251 e. The van der Waals surface area contributed by atoms with Crippen LogP contribution in [0.5, 0.6) is 0 Å². The number of hydrogen-bond donors (Lipinski definition) is 2. The number of nitrogens with one attached hydrogen (secondary N) is 2. The second-order valence-corrected chi connectivity index (χ2v) is 5.79. The van der Waals surface area contributed by atoms with Gasteiger partial charge in [0.2, 0.25) is 5.91 Å². The molecule has 0 spiro atoms. The maximum Gasteiger partial charge on any atom is 0.251 e. The van der Waals surface area contributed by atoms with Gasteiger partial charge in [0.1, 0.15) is 5.76 Å². The van der Waals surface area contributed by atoms with Gasteiger partial charge in [-0.15, -0.1) is 0 Å². The van der Waals surface area contributed by atoms with Crippen molar-refractivity contribution in [3.63, 3.8) is 0 Å². The van der Waals surface area contributed by atoms with Crippen molar-refractivity contribution in [3.05, 3.63) is 41.7 Å². The number of anilines is 2. The van der Waals surface area contributed by atoms with Crippen LogP contribution in [0.25, 0.3) is 0 Å². The average Bonchev–Trinajstić information content (AvgIpc) is 3.25. The van der Waals surface area contributed by atoms with Crippen LogP contribution in [0, 0.1) is 6.92 Å². The molecule has 7 heteroatoms. The first-order valence-corrected chi connectivity index (χ1v) is 7.98. The summed E-state index contributed by atoms with van der Waals surface area (Å²) >= 11 is 0. The Labute approximate surface area is 140 Å². The number of nitrogens with zero attached hydrogens (tertiary/aromatic N) is 2. The molecule has 2 heterocycles. The fourth-order valence-electron chi connectivity index (χ4n) is 2.67. The Morgan fingerprint density at radius 1 is 1.21 bits per heavy atom. The van der Waals surface area contributed by atoms with E-state index < -0.39 is 0 Å². The van der Waals surface area contributed by atoms with Gasteiger partial charge in [-0.2, -0.15) is 0 Å². The van der Waals surface area contributed by atoms with Gasteiger partial charge in [0.25, 0.3) is 5.91 Å². The Hall–Kier alpha value is -2.83. The molecule has 0 saturated carbocycles. The normalized spacial score (nSPS) is 13.8. The van der Waals surface area contributed by atoms with Gasteiger partial charge in [-0.1, -0.05) is 5.16 Å². The van der Waals surface area contributed by atoms with E-state index in [0.29, 0.717) is 17.1 Å². The van der Waals surface area contributed by atoms with E-state index in [0.717, 1.165) is 18.8 Å². The third-order valence-corrected chi connectivity index (χ3v) is 3.91. The maximum absolute atomic E-state index is 12.1. The Morgan fingerprint density at radius 3 is 2.54 bits per heavy atom. The third-order valence-electron chi connectivity index (χ3n) is 3.91. The zero-order valence-corrected chi connectivity index (χ0v) is 13.5. The van der Waals surface area contributed by atoms with Gasteiger partial charge in [-0.25, -0.2) is 0 Å². The monoisotopic (exact) mass is 328 g/mol. The zero-order valence-electron chi connectivity index (χ0n) is 13.5. The summed E-state index contributed by atoms with van der Waals surface area (Å²) in [6, 6.07) is 9.05. The SMILES string of the molecule is Cc1cc(NC(=O)CNC(=O)c2ccc(N3CCCC3)cc2)no1. The lowest BCUT2D eigenvalue weighted by Crippen LogP contribution is -2.32. The molecule has 1 aliphatic rings. The molecule has 24 heavy (non-hydrogen) atoms. The van der Waals surface area contributed by atoms with E-state index in [1.54, 1.807) is 25.1 Å². The summed E-state index contributed by atoms with van der Waals surface area (Å²) in [5.41, 5.74) is 1.66. The van der Waals surface area contributed by atoms with Crippen LogP contribution in [0.2, 0.25) is 0 Å². The predicted molar refractivity (Wildman–Crippen MR) is 90.1 cm³/mol. The summed E-state index contributed by atoms with van der Waals surface area (Å²) in [6.07, 6.45) is 2.42. The Balaban J connectivity index is 1.50. The maximum atomic E-state index is 12.1. The van der Waals surface area contributed by atoms with Gasteiger partial charge in [-0.3, -0.25) is 9.59 Å². The number of amides is 2. The van der Waals surface area contributed by atoms with Gasteiger partial charge < -0.3 is 20.1 Å². The van der Waals surface area contributed by atoms with E-state index in [2.05, 4.69) is 20.7 Å². The number of aromatic nitrogens is 1.